The van der Waals surface area contributed by atoms with Gasteiger partial charge >= 0.3 is 0 Å². The molecule has 0 aromatic carbocycles. The van der Waals surface area contributed by atoms with Crippen molar-refractivity contribution >= 4 is 11.9 Å². The molecule has 0 aliphatic carbocycles. The van der Waals surface area contributed by atoms with E-state index in [9.17, 15) is 4.79 Å². The third-order valence-corrected chi connectivity index (χ3v) is 5.72. The van der Waals surface area contributed by atoms with E-state index in [1.165, 1.54) is 12.8 Å². The van der Waals surface area contributed by atoms with Crippen LogP contribution in [0.1, 0.15) is 31.2 Å². The summed E-state index contributed by atoms with van der Waals surface area (Å²) in [5.41, 5.74) is 1.16. The van der Waals surface area contributed by atoms with Gasteiger partial charge in [-0.1, -0.05) is 0 Å². The fourth-order valence-electron chi connectivity index (χ4n) is 3.99. The van der Waals surface area contributed by atoms with Crippen molar-refractivity contribution in [1.29, 1.82) is 0 Å². The maximum Gasteiger partial charge on any atom is 0.224 e. The Kier molecular flexibility index (Phi) is 7.01. The molecule has 0 spiro atoms. The molecule has 2 aliphatic rings. The lowest BCUT2D eigenvalue weighted by Gasteiger charge is -2.34. The molecule has 1 amide bonds. The number of carbonyl (C=O) groups excluding carboxylic acids is 1. The van der Waals surface area contributed by atoms with Crippen molar-refractivity contribution < 1.29 is 4.79 Å². The average Bonchev–Trinajstić information content (AvgIpc) is 2.67. The van der Waals surface area contributed by atoms with Crippen LogP contribution in [-0.2, 0) is 11.3 Å². The van der Waals surface area contributed by atoms with Gasteiger partial charge in [-0.3, -0.25) is 9.69 Å². The number of rotatable bonds is 6. The summed E-state index contributed by atoms with van der Waals surface area (Å²) < 4.78 is 0. The molecular formula is C20H34N6O. The maximum atomic E-state index is 12.5. The summed E-state index contributed by atoms with van der Waals surface area (Å²) in [4.78, 5) is 30.0. The first kappa shape index (κ1) is 20.0. The number of nitrogens with zero attached hydrogens (tertiary/aromatic N) is 6. The first-order valence-electron chi connectivity index (χ1n) is 10.2. The lowest BCUT2D eigenvalue weighted by atomic mass is 9.93. The number of likely N-dealkylation sites (tertiary alicyclic amines) is 1. The van der Waals surface area contributed by atoms with Crippen LogP contribution in [0.2, 0.25) is 0 Å². The topological polar surface area (TPSA) is 55.8 Å². The summed E-state index contributed by atoms with van der Waals surface area (Å²) in [5.74, 6) is 1.71. The monoisotopic (exact) mass is 374 g/mol. The number of piperidine rings is 1. The van der Waals surface area contributed by atoms with Gasteiger partial charge in [-0.2, -0.15) is 0 Å². The average molecular weight is 375 g/mol. The third-order valence-electron chi connectivity index (χ3n) is 5.72. The zero-order valence-electron chi connectivity index (χ0n) is 17.1. The molecule has 0 bridgehead atoms. The van der Waals surface area contributed by atoms with Gasteiger partial charge in [0.2, 0.25) is 11.9 Å². The quantitative estimate of drug-likeness (QED) is 0.748. The molecule has 0 radical (unpaired) electrons. The van der Waals surface area contributed by atoms with Crippen LogP contribution in [-0.4, -0.2) is 91.0 Å². The van der Waals surface area contributed by atoms with Crippen molar-refractivity contribution in [2.24, 2.45) is 5.92 Å². The van der Waals surface area contributed by atoms with Crippen molar-refractivity contribution in [3.8, 4) is 0 Å². The van der Waals surface area contributed by atoms with Crippen LogP contribution in [0.4, 0.5) is 5.95 Å². The summed E-state index contributed by atoms with van der Waals surface area (Å²) in [6.07, 6.45) is 8.03. The molecule has 27 heavy (non-hydrogen) atoms. The summed E-state index contributed by atoms with van der Waals surface area (Å²) >= 11 is 0. The van der Waals surface area contributed by atoms with E-state index in [1.807, 2.05) is 36.3 Å². The van der Waals surface area contributed by atoms with Crippen molar-refractivity contribution in [2.75, 3.05) is 65.3 Å². The maximum absolute atomic E-state index is 12.5. The molecule has 150 valence electrons. The molecular weight excluding hydrogens is 340 g/mol. The molecule has 7 nitrogen and oxygen atoms in total. The highest BCUT2D eigenvalue weighted by Gasteiger charge is 2.23. The molecule has 0 saturated carbocycles. The van der Waals surface area contributed by atoms with E-state index in [-0.39, 0.29) is 0 Å². The Balaban J connectivity index is 1.43. The lowest BCUT2D eigenvalue weighted by Crippen LogP contribution is -2.47. The van der Waals surface area contributed by atoms with Crippen LogP contribution in [0, 0.1) is 5.92 Å². The Bertz CT molecular complexity index is 597. The Morgan fingerprint density at radius 3 is 2.52 bits per heavy atom. The molecule has 0 N–H and O–H groups in total. The summed E-state index contributed by atoms with van der Waals surface area (Å²) in [7, 11) is 6.03. The van der Waals surface area contributed by atoms with Gasteiger partial charge in [0.05, 0.1) is 0 Å². The van der Waals surface area contributed by atoms with Crippen LogP contribution in [0.5, 0.6) is 0 Å². The van der Waals surface area contributed by atoms with Gasteiger partial charge in [0.15, 0.2) is 0 Å². The standard InChI is InChI=1S/C20H34N6O/c1-23(2)20-21-13-18(14-22-20)16-25-8-4-5-17(15-25)6-7-19(27)26-11-9-24(3)10-12-26/h13-14,17H,4-12,15-16H2,1-3H3/t17-/m0/s1. The SMILES string of the molecule is CN1CCN(C(=O)CC[C@@H]2CCCN(Cc3cnc(N(C)C)nc3)C2)CC1. The predicted molar refractivity (Wildman–Crippen MR) is 108 cm³/mol. The van der Waals surface area contributed by atoms with Crippen LogP contribution >= 0.6 is 0 Å². The van der Waals surface area contributed by atoms with E-state index in [4.69, 9.17) is 0 Å². The Morgan fingerprint density at radius 1 is 1.15 bits per heavy atom. The number of likely N-dealkylation sites (N-methyl/N-ethyl adjacent to an activating group) is 1. The highest BCUT2D eigenvalue weighted by Crippen LogP contribution is 2.23. The van der Waals surface area contributed by atoms with Crippen LogP contribution in [0.3, 0.4) is 0 Å². The van der Waals surface area contributed by atoms with Gasteiger partial charge < -0.3 is 14.7 Å². The van der Waals surface area contributed by atoms with E-state index in [2.05, 4.69) is 26.8 Å². The number of carbonyl (C=O) groups is 1. The molecule has 1 atom stereocenters. The van der Waals surface area contributed by atoms with Crippen molar-refractivity contribution in [2.45, 2.75) is 32.2 Å². The molecule has 1 aromatic rings. The molecule has 0 unspecified atom stereocenters. The van der Waals surface area contributed by atoms with Crippen molar-refractivity contribution in [3.63, 3.8) is 0 Å². The Morgan fingerprint density at radius 2 is 1.85 bits per heavy atom. The summed E-state index contributed by atoms with van der Waals surface area (Å²) in [6.45, 7) is 6.86. The minimum absolute atomic E-state index is 0.341. The van der Waals surface area contributed by atoms with Gasteiger partial charge in [-0.05, 0) is 38.8 Å². The summed E-state index contributed by atoms with van der Waals surface area (Å²) in [6, 6.07) is 0. The molecule has 2 fully saturated rings. The summed E-state index contributed by atoms with van der Waals surface area (Å²) in [5, 5.41) is 0. The molecule has 3 rings (SSSR count). The highest BCUT2D eigenvalue weighted by molar-refractivity contribution is 5.76. The number of amides is 1. The van der Waals surface area contributed by atoms with Gasteiger partial charge in [0.1, 0.15) is 0 Å². The number of piperazine rings is 1. The molecule has 7 heteroatoms. The minimum atomic E-state index is 0.341. The van der Waals surface area contributed by atoms with Gasteiger partial charge in [0.25, 0.3) is 0 Å². The number of aromatic nitrogens is 2. The largest absolute Gasteiger partial charge is 0.347 e. The molecule has 2 saturated heterocycles. The van der Waals surface area contributed by atoms with Gasteiger partial charge in [-0.25, -0.2) is 9.97 Å². The second-order valence-corrected chi connectivity index (χ2v) is 8.25. The Labute approximate surface area is 163 Å². The zero-order chi connectivity index (χ0) is 19.2. The zero-order valence-corrected chi connectivity index (χ0v) is 17.1. The first-order valence-corrected chi connectivity index (χ1v) is 10.2. The number of anilines is 1. The normalized spacial score (nSPS) is 22.0. The third kappa shape index (κ3) is 5.87. The smallest absolute Gasteiger partial charge is 0.224 e. The van der Waals surface area contributed by atoms with Crippen LogP contribution in [0.25, 0.3) is 0 Å². The van der Waals surface area contributed by atoms with Crippen molar-refractivity contribution in [1.82, 2.24) is 24.7 Å². The van der Waals surface area contributed by atoms with E-state index in [0.29, 0.717) is 18.2 Å². The lowest BCUT2D eigenvalue weighted by molar-refractivity contribution is -0.133. The van der Waals surface area contributed by atoms with E-state index in [0.717, 1.165) is 63.7 Å². The molecule has 1 aromatic heterocycles. The van der Waals surface area contributed by atoms with E-state index < -0.39 is 0 Å². The molecule has 3 heterocycles. The van der Waals surface area contributed by atoms with E-state index >= 15 is 0 Å². The van der Waals surface area contributed by atoms with E-state index in [1.54, 1.807) is 0 Å². The fourth-order valence-corrected chi connectivity index (χ4v) is 3.99. The predicted octanol–water partition coefficient (Wildman–Crippen LogP) is 1.31. The van der Waals surface area contributed by atoms with Gasteiger partial charge in [0, 0.05) is 77.7 Å². The van der Waals surface area contributed by atoms with Crippen LogP contribution < -0.4 is 4.90 Å². The Hall–Kier alpha value is -1.73. The fraction of sp³-hybridized carbons (Fsp3) is 0.750. The van der Waals surface area contributed by atoms with Crippen LogP contribution in [0.15, 0.2) is 12.4 Å². The molecule has 2 aliphatic heterocycles. The first-order chi connectivity index (χ1) is 13.0. The van der Waals surface area contributed by atoms with Crippen molar-refractivity contribution in [3.05, 3.63) is 18.0 Å². The second kappa shape index (κ2) is 9.46. The highest BCUT2D eigenvalue weighted by atomic mass is 16.2. The second-order valence-electron chi connectivity index (χ2n) is 8.25. The van der Waals surface area contributed by atoms with Gasteiger partial charge in [-0.15, -0.1) is 0 Å². The number of hydrogen-bond acceptors (Lipinski definition) is 6. The number of hydrogen-bond donors (Lipinski definition) is 0. The minimum Gasteiger partial charge on any atom is -0.347 e.